The molecule has 0 aliphatic carbocycles. The van der Waals surface area contributed by atoms with Crippen molar-refractivity contribution in [1.82, 2.24) is 0 Å². The SMILES string of the molecule is Cc1cc(Cl)cc(C(N)Cc2ccc3ccccc3c2)c1. The molecule has 1 unspecified atom stereocenters. The molecule has 0 saturated carbocycles. The minimum absolute atomic E-state index is 0.0384. The van der Waals surface area contributed by atoms with Gasteiger partial charge in [0.05, 0.1) is 0 Å². The topological polar surface area (TPSA) is 26.0 Å². The van der Waals surface area contributed by atoms with Crippen LogP contribution in [0.15, 0.2) is 60.7 Å². The molecule has 21 heavy (non-hydrogen) atoms. The van der Waals surface area contributed by atoms with E-state index in [1.807, 2.05) is 19.1 Å². The van der Waals surface area contributed by atoms with Gasteiger partial charge in [0.25, 0.3) is 0 Å². The van der Waals surface area contributed by atoms with Crippen molar-refractivity contribution in [2.45, 2.75) is 19.4 Å². The summed E-state index contributed by atoms with van der Waals surface area (Å²) in [6, 6.07) is 20.9. The number of hydrogen-bond donors (Lipinski definition) is 1. The van der Waals surface area contributed by atoms with Crippen molar-refractivity contribution in [2.24, 2.45) is 5.73 Å². The van der Waals surface area contributed by atoms with E-state index in [0.29, 0.717) is 0 Å². The van der Waals surface area contributed by atoms with Crippen LogP contribution in [-0.4, -0.2) is 0 Å². The highest BCUT2D eigenvalue weighted by atomic mass is 35.5. The predicted octanol–water partition coefficient (Wildman–Crippen LogP) is 5.04. The molecule has 0 saturated heterocycles. The average molecular weight is 296 g/mol. The Morgan fingerprint density at radius 3 is 2.48 bits per heavy atom. The van der Waals surface area contributed by atoms with Crippen LogP contribution in [0, 0.1) is 6.92 Å². The van der Waals surface area contributed by atoms with E-state index in [1.54, 1.807) is 0 Å². The van der Waals surface area contributed by atoms with Crippen LogP contribution in [-0.2, 0) is 6.42 Å². The molecule has 0 aliphatic heterocycles. The predicted molar refractivity (Wildman–Crippen MR) is 90.8 cm³/mol. The third-order valence-electron chi connectivity index (χ3n) is 3.76. The van der Waals surface area contributed by atoms with Crippen LogP contribution in [0.2, 0.25) is 5.02 Å². The Morgan fingerprint density at radius 1 is 0.952 bits per heavy atom. The minimum Gasteiger partial charge on any atom is -0.324 e. The summed E-state index contributed by atoms with van der Waals surface area (Å²) in [5.41, 5.74) is 9.83. The third-order valence-corrected chi connectivity index (χ3v) is 3.98. The maximum Gasteiger partial charge on any atom is 0.0411 e. The Kier molecular flexibility index (Phi) is 3.96. The van der Waals surface area contributed by atoms with Gasteiger partial charge in [-0.2, -0.15) is 0 Å². The van der Waals surface area contributed by atoms with E-state index in [0.717, 1.165) is 22.6 Å². The molecule has 0 amide bonds. The van der Waals surface area contributed by atoms with Crippen molar-refractivity contribution in [2.75, 3.05) is 0 Å². The van der Waals surface area contributed by atoms with Crippen LogP contribution in [0.5, 0.6) is 0 Å². The first-order chi connectivity index (χ1) is 10.1. The fourth-order valence-electron chi connectivity index (χ4n) is 2.72. The Labute approximate surface area is 130 Å². The number of aryl methyl sites for hydroxylation is 1. The quantitative estimate of drug-likeness (QED) is 0.719. The van der Waals surface area contributed by atoms with E-state index in [1.165, 1.54) is 16.3 Å². The molecular formula is C19H18ClN. The number of hydrogen-bond acceptors (Lipinski definition) is 1. The maximum atomic E-state index is 6.35. The number of rotatable bonds is 3. The number of fused-ring (bicyclic) bond motifs is 1. The van der Waals surface area contributed by atoms with E-state index in [9.17, 15) is 0 Å². The van der Waals surface area contributed by atoms with Gasteiger partial charge < -0.3 is 5.73 Å². The Morgan fingerprint density at radius 2 is 1.71 bits per heavy atom. The molecule has 3 aromatic rings. The molecule has 0 aliphatic rings. The van der Waals surface area contributed by atoms with Gasteiger partial charge in [0, 0.05) is 11.1 Å². The summed E-state index contributed by atoms with van der Waals surface area (Å²) < 4.78 is 0. The van der Waals surface area contributed by atoms with Crippen LogP contribution < -0.4 is 5.73 Å². The summed E-state index contributed by atoms with van der Waals surface area (Å²) in [7, 11) is 0. The summed E-state index contributed by atoms with van der Waals surface area (Å²) in [6.45, 7) is 2.04. The van der Waals surface area contributed by atoms with Gasteiger partial charge in [-0.1, -0.05) is 60.1 Å². The lowest BCUT2D eigenvalue weighted by Gasteiger charge is -2.14. The smallest absolute Gasteiger partial charge is 0.0411 e. The molecule has 0 spiro atoms. The van der Waals surface area contributed by atoms with Gasteiger partial charge in [-0.25, -0.2) is 0 Å². The first-order valence-corrected chi connectivity index (χ1v) is 7.50. The summed E-state index contributed by atoms with van der Waals surface area (Å²) in [5.74, 6) is 0. The fourth-order valence-corrected chi connectivity index (χ4v) is 3.01. The molecular weight excluding hydrogens is 278 g/mol. The van der Waals surface area contributed by atoms with E-state index < -0.39 is 0 Å². The van der Waals surface area contributed by atoms with Crippen molar-refractivity contribution in [3.8, 4) is 0 Å². The lowest BCUT2D eigenvalue weighted by molar-refractivity contribution is 0.722. The molecule has 0 bridgehead atoms. The number of benzene rings is 3. The summed E-state index contributed by atoms with van der Waals surface area (Å²) in [5, 5.41) is 3.26. The highest BCUT2D eigenvalue weighted by Crippen LogP contribution is 2.23. The number of nitrogens with two attached hydrogens (primary N) is 1. The highest BCUT2D eigenvalue weighted by molar-refractivity contribution is 6.30. The van der Waals surface area contributed by atoms with Crippen LogP contribution >= 0.6 is 11.6 Å². The second-order valence-corrected chi connectivity index (χ2v) is 5.99. The van der Waals surface area contributed by atoms with Gasteiger partial charge in [0.1, 0.15) is 0 Å². The molecule has 2 N–H and O–H groups in total. The second-order valence-electron chi connectivity index (χ2n) is 5.55. The maximum absolute atomic E-state index is 6.35. The van der Waals surface area contributed by atoms with Crippen molar-refractivity contribution in [3.63, 3.8) is 0 Å². The molecule has 3 aromatic carbocycles. The fraction of sp³-hybridized carbons (Fsp3) is 0.158. The average Bonchev–Trinajstić information content (AvgIpc) is 2.46. The van der Waals surface area contributed by atoms with Crippen LogP contribution in [0.4, 0.5) is 0 Å². The monoisotopic (exact) mass is 295 g/mol. The lowest BCUT2D eigenvalue weighted by Crippen LogP contribution is -2.13. The molecule has 0 radical (unpaired) electrons. The van der Waals surface area contributed by atoms with Crippen LogP contribution in [0.1, 0.15) is 22.7 Å². The first-order valence-electron chi connectivity index (χ1n) is 7.12. The van der Waals surface area contributed by atoms with Gasteiger partial charge in [0.2, 0.25) is 0 Å². The van der Waals surface area contributed by atoms with Crippen LogP contribution in [0.3, 0.4) is 0 Å². The van der Waals surface area contributed by atoms with Gasteiger partial charge in [-0.05, 0) is 52.9 Å². The first kappa shape index (κ1) is 14.1. The standard InChI is InChI=1S/C19H18ClN/c1-13-8-17(12-18(20)9-13)19(21)11-14-6-7-15-4-2-3-5-16(15)10-14/h2-10,12,19H,11,21H2,1H3. The van der Waals surface area contributed by atoms with E-state index >= 15 is 0 Å². The zero-order chi connectivity index (χ0) is 14.8. The van der Waals surface area contributed by atoms with Gasteiger partial charge >= 0.3 is 0 Å². The number of halogens is 1. The van der Waals surface area contributed by atoms with Crippen molar-refractivity contribution >= 4 is 22.4 Å². The largest absolute Gasteiger partial charge is 0.324 e. The van der Waals surface area contributed by atoms with Crippen LogP contribution in [0.25, 0.3) is 10.8 Å². The Bertz CT molecular complexity index is 759. The summed E-state index contributed by atoms with van der Waals surface area (Å²) in [4.78, 5) is 0. The Balaban J connectivity index is 1.86. The minimum atomic E-state index is -0.0384. The molecule has 0 heterocycles. The van der Waals surface area contributed by atoms with E-state index in [-0.39, 0.29) is 6.04 Å². The normalized spacial score (nSPS) is 12.5. The highest BCUT2D eigenvalue weighted by Gasteiger charge is 2.09. The molecule has 2 heteroatoms. The molecule has 0 aromatic heterocycles. The third kappa shape index (κ3) is 3.26. The van der Waals surface area contributed by atoms with Gasteiger partial charge in [-0.15, -0.1) is 0 Å². The molecule has 1 nitrogen and oxygen atoms in total. The zero-order valence-electron chi connectivity index (χ0n) is 12.0. The lowest BCUT2D eigenvalue weighted by atomic mass is 9.97. The summed E-state index contributed by atoms with van der Waals surface area (Å²) in [6.07, 6.45) is 0.810. The molecule has 0 fully saturated rings. The molecule has 1 atom stereocenters. The van der Waals surface area contributed by atoms with Crippen molar-refractivity contribution in [1.29, 1.82) is 0 Å². The van der Waals surface area contributed by atoms with Crippen molar-refractivity contribution in [3.05, 3.63) is 82.4 Å². The summed E-state index contributed by atoms with van der Waals surface area (Å²) >= 11 is 6.12. The van der Waals surface area contributed by atoms with E-state index in [2.05, 4.69) is 48.5 Å². The van der Waals surface area contributed by atoms with Crippen molar-refractivity contribution < 1.29 is 0 Å². The van der Waals surface area contributed by atoms with E-state index in [4.69, 9.17) is 17.3 Å². The molecule has 3 rings (SSSR count). The second kappa shape index (κ2) is 5.88. The zero-order valence-corrected chi connectivity index (χ0v) is 12.8. The Hall–Kier alpha value is -1.83. The van der Waals surface area contributed by atoms with Gasteiger partial charge in [0.15, 0.2) is 0 Å². The van der Waals surface area contributed by atoms with Gasteiger partial charge in [-0.3, -0.25) is 0 Å². The molecule has 106 valence electrons.